The summed E-state index contributed by atoms with van der Waals surface area (Å²) in [6.07, 6.45) is 8.57. The van der Waals surface area contributed by atoms with Gasteiger partial charge in [-0.1, -0.05) is 5.21 Å². The summed E-state index contributed by atoms with van der Waals surface area (Å²) in [7, 11) is 2.13. The van der Waals surface area contributed by atoms with E-state index in [9.17, 15) is 0 Å². The van der Waals surface area contributed by atoms with Crippen LogP contribution >= 0.6 is 0 Å². The third-order valence-corrected chi connectivity index (χ3v) is 6.50. The maximum absolute atomic E-state index is 4.55. The first kappa shape index (κ1) is 17.5. The number of nitrogens with one attached hydrogen (secondary N) is 2. The number of aromatic amines is 1. The van der Waals surface area contributed by atoms with Gasteiger partial charge in [-0.25, -0.2) is 4.68 Å². The van der Waals surface area contributed by atoms with E-state index in [0.29, 0.717) is 18.1 Å². The molecule has 0 amide bonds. The highest BCUT2D eigenvalue weighted by Crippen LogP contribution is 2.32. The molecule has 152 valence electrons. The molecule has 1 aromatic carbocycles. The van der Waals surface area contributed by atoms with Crippen LogP contribution in [0.1, 0.15) is 25.7 Å². The summed E-state index contributed by atoms with van der Waals surface area (Å²) in [6.45, 7) is 0. The number of nitrogens with zero attached hydrogens (tertiary/aromatic N) is 7. The molecule has 2 aliphatic rings. The third-order valence-electron chi connectivity index (χ3n) is 6.50. The number of piperidine rings is 1. The molecule has 2 saturated heterocycles. The van der Waals surface area contributed by atoms with E-state index in [2.05, 4.69) is 54.0 Å². The van der Waals surface area contributed by atoms with Crippen molar-refractivity contribution in [1.82, 2.24) is 40.7 Å². The van der Waals surface area contributed by atoms with Gasteiger partial charge in [0.1, 0.15) is 5.52 Å². The zero-order valence-electron chi connectivity index (χ0n) is 16.7. The lowest BCUT2D eigenvalue weighted by Gasteiger charge is -2.36. The summed E-state index contributed by atoms with van der Waals surface area (Å²) in [5, 5.41) is 28.4. The van der Waals surface area contributed by atoms with Gasteiger partial charge in [-0.05, 0) is 56.0 Å². The number of hydrogen-bond donors (Lipinski definition) is 2. The molecule has 1 unspecified atom stereocenters. The SMILES string of the molecule is CN(c1ccc(-c2ccc(-n3cccn3)c3nn[nH]c23)nn1)C1C[C@H]2CC[C@@H](C1)N2. The van der Waals surface area contributed by atoms with Gasteiger partial charge in [0, 0.05) is 43.1 Å². The fraction of sp³-hybridized carbons (Fsp3) is 0.381. The maximum atomic E-state index is 4.55. The molecule has 2 N–H and O–H groups in total. The molecule has 9 nitrogen and oxygen atoms in total. The van der Waals surface area contributed by atoms with Crippen LogP contribution in [0.5, 0.6) is 0 Å². The van der Waals surface area contributed by atoms with E-state index in [1.54, 1.807) is 10.9 Å². The lowest BCUT2D eigenvalue weighted by Crippen LogP contribution is -2.47. The summed E-state index contributed by atoms with van der Waals surface area (Å²) >= 11 is 0. The molecule has 2 fully saturated rings. The maximum Gasteiger partial charge on any atom is 0.151 e. The highest BCUT2D eigenvalue weighted by atomic mass is 15.3. The van der Waals surface area contributed by atoms with Gasteiger partial charge in [-0.2, -0.15) is 5.10 Å². The quantitative estimate of drug-likeness (QED) is 0.541. The summed E-state index contributed by atoms with van der Waals surface area (Å²) in [5.74, 6) is 0.914. The number of fused-ring (bicyclic) bond motifs is 3. The topological polar surface area (TPSA) is 100 Å². The molecule has 0 radical (unpaired) electrons. The number of hydrogen-bond acceptors (Lipinski definition) is 7. The Kier molecular flexibility index (Phi) is 4.02. The molecule has 0 spiro atoms. The predicted molar refractivity (Wildman–Crippen MR) is 113 cm³/mol. The largest absolute Gasteiger partial charge is 0.355 e. The molecule has 2 aliphatic heterocycles. The smallest absolute Gasteiger partial charge is 0.151 e. The Morgan fingerprint density at radius 2 is 1.90 bits per heavy atom. The minimum atomic E-state index is 0.515. The van der Waals surface area contributed by atoms with Crippen LogP contribution in [0.25, 0.3) is 28.0 Å². The van der Waals surface area contributed by atoms with Crippen LogP contribution in [-0.2, 0) is 0 Å². The lowest BCUT2D eigenvalue weighted by molar-refractivity contribution is 0.353. The molecule has 0 saturated carbocycles. The van der Waals surface area contributed by atoms with Crippen molar-refractivity contribution in [2.24, 2.45) is 0 Å². The van der Waals surface area contributed by atoms with Crippen LogP contribution in [0.2, 0.25) is 0 Å². The molecule has 9 heteroatoms. The minimum absolute atomic E-state index is 0.515. The lowest BCUT2D eigenvalue weighted by atomic mass is 9.98. The van der Waals surface area contributed by atoms with Crippen molar-refractivity contribution in [3.8, 4) is 16.9 Å². The van der Waals surface area contributed by atoms with Crippen LogP contribution < -0.4 is 10.2 Å². The monoisotopic (exact) mass is 401 g/mol. The van der Waals surface area contributed by atoms with Crippen molar-refractivity contribution in [2.75, 3.05) is 11.9 Å². The van der Waals surface area contributed by atoms with Gasteiger partial charge >= 0.3 is 0 Å². The first-order valence-electron chi connectivity index (χ1n) is 10.4. The first-order valence-corrected chi connectivity index (χ1v) is 10.4. The number of H-pyrrole nitrogens is 1. The molecule has 30 heavy (non-hydrogen) atoms. The fourth-order valence-electron chi connectivity index (χ4n) is 4.92. The molecule has 0 aliphatic carbocycles. The van der Waals surface area contributed by atoms with Crippen LogP contribution in [0.3, 0.4) is 0 Å². The molecule has 3 atom stereocenters. The van der Waals surface area contributed by atoms with E-state index >= 15 is 0 Å². The normalized spacial score (nSPS) is 23.2. The average Bonchev–Trinajstić information content (AvgIpc) is 3.54. The van der Waals surface area contributed by atoms with Crippen molar-refractivity contribution >= 4 is 16.9 Å². The Morgan fingerprint density at radius 3 is 2.63 bits per heavy atom. The van der Waals surface area contributed by atoms with Gasteiger partial charge in [-0.15, -0.1) is 15.3 Å². The number of rotatable bonds is 4. The van der Waals surface area contributed by atoms with E-state index in [1.807, 2.05) is 30.5 Å². The minimum Gasteiger partial charge on any atom is -0.355 e. The zero-order chi connectivity index (χ0) is 20.1. The van der Waals surface area contributed by atoms with E-state index in [0.717, 1.165) is 33.8 Å². The second-order valence-electron chi connectivity index (χ2n) is 8.27. The fourth-order valence-corrected chi connectivity index (χ4v) is 4.92. The highest BCUT2D eigenvalue weighted by Gasteiger charge is 2.35. The summed E-state index contributed by atoms with van der Waals surface area (Å²) in [6, 6.07) is 11.8. The second-order valence-corrected chi connectivity index (χ2v) is 8.27. The van der Waals surface area contributed by atoms with Gasteiger partial charge in [0.25, 0.3) is 0 Å². The van der Waals surface area contributed by atoms with Crippen LogP contribution in [0.15, 0.2) is 42.7 Å². The molecular formula is C21H23N9. The second kappa shape index (κ2) is 6.88. The molecule has 3 aromatic heterocycles. The van der Waals surface area contributed by atoms with Crippen molar-refractivity contribution in [3.05, 3.63) is 42.7 Å². The van der Waals surface area contributed by atoms with E-state index in [1.165, 1.54) is 25.7 Å². The van der Waals surface area contributed by atoms with Crippen molar-refractivity contribution < 1.29 is 0 Å². The Bertz CT molecular complexity index is 1150. The molecule has 4 aromatic rings. The standard InChI is InChI=1S/C21H23N9/c1-29(15-11-13-3-4-14(12-15)23-13)19-8-6-17(24-25-19)16-5-7-18(30-10-2-9-22-30)21-20(16)26-28-27-21/h2,5-10,13-15,23H,3-4,11-12H2,1H3,(H,26,27,28)/t13-,14+,15?. The summed E-state index contributed by atoms with van der Waals surface area (Å²) in [5.41, 5.74) is 4.17. The van der Waals surface area contributed by atoms with Crippen LogP contribution in [0.4, 0.5) is 5.82 Å². The zero-order valence-corrected chi connectivity index (χ0v) is 16.7. The predicted octanol–water partition coefficient (Wildman–Crippen LogP) is 2.32. The van der Waals surface area contributed by atoms with Crippen LogP contribution in [0, 0.1) is 0 Å². The van der Waals surface area contributed by atoms with Gasteiger partial charge in [-0.3, -0.25) is 5.10 Å². The Hall–Kier alpha value is -3.33. The van der Waals surface area contributed by atoms with Crippen molar-refractivity contribution in [3.63, 3.8) is 0 Å². The Balaban J connectivity index is 1.30. The highest BCUT2D eigenvalue weighted by molar-refractivity contribution is 5.95. The van der Waals surface area contributed by atoms with Gasteiger partial charge in [0.15, 0.2) is 5.82 Å². The van der Waals surface area contributed by atoms with E-state index in [-0.39, 0.29) is 0 Å². The van der Waals surface area contributed by atoms with Crippen LogP contribution in [-0.4, -0.2) is 60.6 Å². The average molecular weight is 401 g/mol. The number of aromatic nitrogens is 7. The number of anilines is 1. The third kappa shape index (κ3) is 2.85. The molecule has 6 rings (SSSR count). The van der Waals surface area contributed by atoms with Crippen molar-refractivity contribution in [2.45, 2.75) is 43.8 Å². The summed E-state index contributed by atoms with van der Waals surface area (Å²) < 4.78 is 1.78. The molecule has 5 heterocycles. The van der Waals surface area contributed by atoms with E-state index in [4.69, 9.17) is 0 Å². The van der Waals surface area contributed by atoms with Crippen molar-refractivity contribution in [1.29, 1.82) is 0 Å². The summed E-state index contributed by atoms with van der Waals surface area (Å²) in [4.78, 5) is 2.29. The Labute approximate surface area is 173 Å². The first-order chi connectivity index (χ1) is 14.8. The number of benzene rings is 1. The van der Waals surface area contributed by atoms with E-state index < -0.39 is 0 Å². The Morgan fingerprint density at radius 1 is 1.03 bits per heavy atom. The molecular weight excluding hydrogens is 378 g/mol. The van der Waals surface area contributed by atoms with Gasteiger partial charge in [0.05, 0.1) is 16.9 Å². The van der Waals surface area contributed by atoms with Gasteiger partial charge < -0.3 is 10.2 Å². The van der Waals surface area contributed by atoms with Gasteiger partial charge in [0.2, 0.25) is 0 Å². The molecule has 2 bridgehead atoms.